The number of hydrogen-bond donors (Lipinski definition) is 0. The number of carbonyl (C=O) groups excluding carboxylic acids is 1. The highest BCUT2D eigenvalue weighted by Crippen LogP contribution is 2.27. The molecule has 3 rings (SSSR count). The minimum absolute atomic E-state index is 0.00777. The molecule has 0 aromatic carbocycles. The molecule has 1 fully saturated rings. The van der Waals surface area contributed by atoms with Crippen LogP contribution in [0.3, 0.4) is 0 Å². The van der Waals surface area contributed by atoms with Gasteiger partial charge in [0.25, 0.3) is 5.88 Å². The fourth-order valence-corrected chi connectivity index (χ4v) is 3.20. The fourth-order valence-electron chi connectivity index (χ4n) is 3.20. The Labute approximate surface area is 182 Å². The Morgan fingerprint density at radius 3 is 2.68 bits per heavy atom. The summed E-state index contributed by atoms with van der Waals surface area (Å²) in [5, 5.41) is 11.3. The van der Waals surface area contributed by atoms with Crippen molar-refractivity contribution in [1.82, 2.24) is 14.9 Å². The van der Waals surface area contributed by atoms with Gasteiger partial charge in [0.1, 0.15) is 18.8 Å². The highest BCUT2D eigenvalue weighted by molar-refractivity contribution is 5.69. The molecule has 31 heavy (non-hydrogen) atoms. The molecular formula is C21H29N5O5. The zero-order valence-electron chi connectivity index (χ0n) is 18.4. The van der Waals surface area contributed by atoms with Gasteiger partial charge in [-0.05, 0) is 33.8 Å². The number of anilines is 1. The lowest BCUT2D eigenvalue weighted by molar-refractivity contribution is -0.605. The summed E-state index contributed by atoms with van der Waals surface area (Å²) in [5.41, 5.74) is -0.529. The second kappa shape index (κ2) is 9.67. The third-order valence-corrected chi connectivity index (χ3v) is 4.54. The molecule has 0 N–H and O–H groups in total. The van der Waals surface area contributed by atoms with E-state index in [0.717, 1.165) is 0 Å². The molecule has 0 saturated carbocycles. The minimum Gasteiger partial charge on any atom is -0.619 e. The van der Waals surface area contributed by atoms with Crippen molar-refractivity contribution in [2.24, 2.45) is 0 Å². The van der Waals surface area contributed by atoms with Gasteiger partial charge in [-0.2, -0.15) is 4.73 Å². The van der Waals surface area contributed by atoms with Gasteiger partial charge < -0.3 is 29.2 Å². The molecule has 168 valence electrons. The second-order valence-electron chi connectivity index (χ2n) is 8.25. The fraction of sp³-hybridized carbons (Fsp3) is 0.524. The lowest BCUT2D eigenvalue weighted by Crippen LogP contribution is -2.55. The van der Waals surface area contributed by atoms with Crippen molar-refractivity contribution in [3.05, 3.63) is 42.1 Å². The van der Waals surface area contributed by atoms with Gasteiger partial charge in [-0.3, -0.25) is 0 Å². The highest BCUT2D eigenvalue weighted by Gasteiger charge is 2.31. The number of rotatable bonds is 6. The normalized spacial score (nSPS) is 16.7. The summed E-state index contributed by atoms with van der Waals surface area (Å²) in [5.74, 6) is 1.49. The Hall–Kier alpha value is -3.30. The highest BCUT2D eigenvalue weighted by atomic mass is 16.6. The van der Waals surface area contributed by atoms with Crippen LogP contribution in [-0.2, 0) is 4.74 Å². The molecule has 0 bridgehead atoms. The van der Waals surface area contributed by atoms with E-state index in [0.29, 0.717) is 41.8 Å². The number of pyridine rings is 1. The monoisotopic (exact) mass is 431 g/mol. The Kier molecular flexibility index (Phi) is 6.98. The van der Waals surface area contributed by atoms with E-state index < -0.39 is 5.60 Å². The number of carbonyl (C=O) groups is 1. The molecule has 10 heteroatoms. The second-order valence-corrected chi connectivity index (χ2v) is 8.25. The molecule has 1 amide bonds. The minimum atomic E-state index is -0.529. The third kappa shape index (κ3) is 6.34. The van der Waals surface area contributed by atoms with Crippen molar-refractivity contribution in [3.8, 4) is 11.6 Å². The maximum atomic E-state index is 12.4. The standard InChI is InChI=1S/C21H29N5O5/c1-16-14-24(20(27)31-21(2,3)4)10-11-26(16)18-19(23-8-7-22-18)30-13-12-29-17-6-5-9-25(28)15-17/h5-9,15-16H,10-14H2,1-4H3/t16-/m1/s1. The lowest BCUT2D eigenvalue weighted by atomic mass is 10.2. The Morgan fingerprint density at radius 2 is 1.97 bits per heavy atom. The Bertz CT molecular complexity index is 888. The topological polar surface area (TPSA) is 104 Å². The molecule has 2 aromatic rings. The molecule has 0 aliphatic carbocycles. The maximum absolute atomic E-state index is 12.4. The molecule has 0 unspecified atom stereocenters. The van der Waals surface area contributed by atoms with Crippen LogP contribution < -0.4 is 19.1 Å². The number of nitrogens with zero attached hydrogens (tertiary/aromatic N) is 5. The van der Waals surface area contributed by atoms with Gasteiger partial charge >= 0.3 is 6.09 Å². The zero-order valence-corrected chi connectivity index (χ0v) is 18.4. The predicted octanol–water partition coefficient (Wildman–Crippen LogP) is 2.01. The van der Waals surface area contributed by atoms with E-state index in [1.807, 2.05) is 27.7 Å². The summed E-state index contributed by atoms with van der Waals surface area (Å²) in [6.07, 6.45) is 5.60. The Balaban J connectivity index is 1.56. The molecule has 0 radical (unpaired) electrons. The first-order valence-corrected chi connectivity index (χ1v) is 10.2. The number of piperazine rings is 1. The van der Waals surface area contributed by atoms with Crippen LogP contribution in [0.25, 0.3) is 0 Å². The quantitative estimate of drug-likeness (QED) is 0.389. The van der Waals surface area contributed by atoms with Crippen molar-refractivity contribution >= 4 is 11.9 Å². The van der Waals surface area contributed by atoms with Crippen LogP contribution in [0.4, 0.5) is 10.6 Å². The number of ether oxygens (including phenoxy) is 3. The van der Waals surface area contributed by atoms with Crippen LogP contribution >= 0.6 is 0 Å². The molecule has 1 saturated heterocycles. The van der Waals surface area contributed by atoms with E-state index >= 15 is 0 Å². The summed E-state index contributed by atoms with van der Waals surface area (Å²) in [6, 6.07) is 3.32. The van der Waals surface area contributed by atoms with E-state index in [2.05, 4.69) is 14.9 Å². The first-order valence-electron chi connectivity index (χ1n) is 10.2. The number of amides is 1. The van der Waals surface area contributed by atoms with Crippen LogP contribution in [0.1, 0.15) is 27.7 Å². The van der Waals surface area contributed by atoms with Gasteiger partial charge in [-0.1, -0.05) is 0 Å². The van der Waals surface area contributed by atoms with Gasteiger partial charge in [-0.15, -0.1) is 0 Å². The Morgan fingerprint density at radius 1 is 1.23 bits per heavy atom. The summed E-state index contributed by atoms with van der Waals surface area (Å²) in [6.45, 7) is 9.69. The molecule has 2 aromatic heterocycles. The predicted molar refractivity (Wildman–Crippen MR) is 113 cm³/mol. The third-order valence-electron chi connectivity index (χ3n) is 4.54. The number of aromatic nitrogens is 3. The molecule has 0 spiro atoms. The van der Waals surface area contributed by atoms with Gasteiger partial charge in [0.2, 0.25) is 6.20 Å². The van der Waals surface area contributed by atoms with Crippen LogP contribution in [0, 0.1) is 5.21 Å². The van der Waals surface area contributed by atoms with Crippen LogP contribution in [0.5, 0.6) is 11.6 Å². The van der Waals surface area contributed by atoms with Crippen molar-refractivity contribution in [2.45, 2.75) is 39.3 Å². The zero-order chi connectivity index (χ0) is 22.4. The summed E-state index contributed by atoms with van der Waals surface area (Å²) < 4.78 is 17.5. The van der Waals surface area contributed by atoms with Crippen molar-refractivity contribution in [3.63, 3.8) is 0 Å². The van der Waals surface area contributed by atoms with E-state index in [4.69, 9.17) is 14.2 Å². The van der Waals surface area contributed by atoms with E-state index in [-0.39, 0.29) is 25.3 Å². The van der Waals surface area contributed by atoms with Gasteiger partial charge in [0, 0.05) is 44.1 Å². The average Bonchev–Trinajstić information content (AvgIpc) is 2.70. The molecule has 1 atom stereocenters. The largest absolute Gasteiger partial charge is 0.619 e. The average molecular weight is 431 g/mol. The molecule has 1 aliphatic heterocycles. The van der Waals surface area contributed by atoms with Crippen LogP contribution in [-0.4, -0.2) is 65.5 Å². The van der Waals surface area contributed by atoms with Crippen molar-refractivity contribution in [1.29, 1.82) is 0 Å². The molecular weight excluding hydrogens is 402 g/mol. The summed E-state index contributed by atoms with van der Waals surface area (Å²) in [4.78, 5) is 24.9. The maximum Gasteiger partial charge on any atom is 0.410 e. The SMILES string of the molecule is C[C@@H]1CN(C(=O)OC(C)(C)C)CCN1c1nccnc1OCCOc1ccc[n+]([O-])c1. The lowest BCUT2D eigenvalue weighted by Gasteiger charge is -2.40. The number of hydrogen-bond acceptors (Lipinski definition) is 8. The van der Waals surface area contributed by atoms with Crippen molar-refractivity contribution < 1.29 is 23.7 Å². The smallest absolute Gasteiger partial charge is 0.410 e. The first-order chi connectivity index (χ1) is 14.7. The summed E-state index contributed by atoms with van der Waals surface area (Å²) >= 11 is 0. The van der Waals surface area contributed by atoms with Gasteiger partial charge in [0.05, 0.1) is 0 Å². The summed E-state index contributed by atoms with van der Waals surface area (Å²) in [7, 11) is 0. The molecule has 1 aliphatic rings. The van der Waals surface area contributed by atoms with Crippen molar-refractivity contribution in [2.75, 3.05) is 37.7 Å². The van der Waals surface area contributed by atoms with E-state index in [1.165, 1.54) is 12.4 Å². The molecule has 3 heterocycles. The van der Waals surface area contributed by atoms with Crippen LogP contribution in [0.2, 0.25) is 0 Å². The van der Waals surface area contributed by atoms with Crippen LogP contribution in [0.15, 0.2) is 36.9 Å². The van der Waals surface area contributed by atoms with E-state index in [1.54, 1.807) is 29.4 Å². The molecule has 10 nitrogen and oxygen atoms in total. The van der Waals surface area contributed by atoms with E-state index in [9.17, 15) is 10.0 Å². The van der Waals surface area contributed by atoms with Gasteiger partial charge in [-0.25, -0.2) is 14.8 Å². The van der Waals surface area contributed by atoms with Gasteiger partial charge in [0.15, 0.2) is 17.8 Å². The first kappa shape index (κ1) is 22.4.